The van der Waals surface area contributed by atoms with Crippen molar-refractivity contribution in [1.82, 2.24) is 4.90 Å². The second-order valence-corrected chi connectivity index (χ2v) is 8.13. The minimum Gasteiger partial charge on any atom is -0.504 e. The molecule has 0 bridgehead atoms. The number of aromatic hydroxyl groups is 1. The minimum absolute atomic E-state index is 0.253. The second kappa shape index (κ2) is 6.45. The van der Waals surface area contributed by atoms with Gasteiger partial charge in [-0.05, 0) is 78.1 Å². The summed E-state index contributed by atoms with van der Waals surface area (Å²) in [4.78, 5) is 2.72. The Kier molecular flexibility index (Phi) is 4.05. The summed E-state index contributed by atoms with van der Waals surface area (Å²) in [7, 11) is 3.37. The summed E-state index contributed by atoms with van der Waals surface area (Å²) < 4.78 is 10.9. The van der Waals surface area contributed by atoms with E-state index < -0.39 is 0 Å². The van der Waals surface area contributed by atoms with Crippen LogP contribution in [0.2, 0.25) is 0 Å². The van der Waals surface area contributed by atoms with E-state index in [9.17, 15) is 5.11 Å². The molecule has 0 radical (unpaired) electrons. The van der Waals surface area contributed by atoms with E-state index in [4.69, 9.17) is 9.47 Å². The van der Waals surface area contributed by atoms with Crippen LogP contribution in [0.25, 0.3) is 0 Å². The van der Waals surface area contributed by atoms with Crippen LogP contribution >= 0.6 is 0 Å². The number of nitrogens with zero attached hydrogens (tertiary/aromatic N) is 1. The predicted octanol–water partition coefficient (Wildman–Crippen LogP) is 4.41. The molecule has 5 rings (SSSR count). The lowest BCUT2D eigenvalue weighted by Gasteiger charge is -2.51. The Bertz CT molecular complexity index is 874. The van der Waals surface area contributed by atoms with Gasteiger partial charge < -0.3 is 14.6 Å². The zero-order chi connectivity index (χ0) is 18.5. The third kappa shape index (κ3) is 2.61. The molecule has 4 nitrogen and oxygen atoms in total. The number of hydrogen-bond donors (Lipinski definition) is 1. The lowest BCUT2D eigenvalue weighted by atomic mass is 9.70. The molecule has 27 heavy (non-hydrogen) atoms. The topological polar surface area (TPSA) is 41.9 Å². The summed E-state index contributed by atoms with van der Waals surface area (Å²) in [6, 6.07) is 11.4. The van der Waals surface area contributed by atoms with Gasteiger partial charge in [-0.25, -0.2) is 0 Å². The molecule has 142 valence electrons. The van der Waals surface area contributed by atoms with Gasteiger partial charge in [0.05, 0.1) is 14.2 Å². The molecular formula is C23H27NO3. The third-order valence-electron chi connectivity index (χ3n) is 6.88. The van der Waals surface area contributed by atoms with Crippen LogP contribution < -0.4 is 9.47 Å². The zero-order valence-electron chi connectivity index (χ0n) is 16.1. The van der Waals surface area contributed by atoms with Gasteiger partial charge in [0, 0.05) is 18.6 Å². The number of phenols is 1. The standard InChI is InChI=1S/C23H27NO3/c1-26-17-6-7-18-15(10-17)8-9-24-20(18)11-16-12-21(25)22(27-2)13-19(16)23(24)14-4-3-5-14/h6-7,10,12-14,20,23,25H,3-5,8-9,11H2,1-2H3/t20-,23+/m0/s1. The van der Waals surface area contributed by atoms with Gasteiger partial charge in [0.2, 0.25) is 0 Å². The Morgan fingerprint density at radius 3 is 2.56 bits per heavy atom. The number of methoxy groups -OCH3 is 2. The number of hydrogen-bond acceptors (Lipinski definition) is 4. The van der Waals surface area contributed by atoms with Gasteiger partial charge in [0.1, 0.15) is 5.75 Å². The first-order valence-electron chi connectivity index (χ1n) is 10.0. The molecule has 2 aromatic carbocycles. The average Bonchev–Trinajstić information content (AvgIpc) is 2.65. The van der Waals surface area contributed by atoms with Gasteiger partial charge in [0.15, 0.2) is 11.5 Å². The van der Waals surface area contributed by atoms with Gasteiger partial charge >= 0.3 is 0 Å². The smallest absolute Gasteiger partial charge is 0.160 e. The maximum Gasteiger partial charge on any atom is 0.160 e. The largest absolute Gasteiger partial charge is 0.504 e. The quantitative estimate of drug-likeness (QED) is 0.875. The van der Waals surface area contributed by atoms with E-state index in [-0.39, 0.29) is 5.75 Å². The Labute approximate surface area is 160 Å². The second-order valence-electron chi connectivity index (χ2n) is 8.13. The molecule has 1 aliphatic carbocycles. The lowest BCUT2D eigenvalue weighted by Crippen LogP contribution is -2.46. The Morgan fingerprint density at radius 2 is 1.85 bits per heavy atom. The molecule has 2 aromatic rings. The summed E-state index contributed by atoms with van der Waals surface area (Å²) in [5.41, 5.74) is 5.47. The first kappa shape index (κ1) is 16.9. The molecule has 0 aromatic heterocycles. The highest BCUT2D eigenvalue weighted by Crippen LogP contribution is 2.52. The highest BCUT2D eigenvalue weighted by atomic mass is 16.5. The number of fused-ring (bicyclic) bond motifs is 4. The summed E-state index contributed by atoms with van der Waals surface area (Å²) in [6.07, 6.45) is 5.93. The van der Waals surface area contributed by atoms with Crippen LogP contribution in [0.5, 0.6) is 17.2 Å². The molecule has 2 atom stereocenters. The van der Waals surface area contributed by atoms with Crippen molar-refractivity contribution in [3.8, 4) is 17.2 Å². The summed E-state index contributed by atoms with van der Waals surface area (Å²) in [6.45, 7) is 1.08. The number of benzene rings is 2. The van der Waals surface area contributed by atoms with E-state index in [2.05, 4.69) is 29.2 Å². The van der Waals surface area contributed by atoms with Crippen molar-refractivity contribution in [2.75, 3.05) is 20.8 Å². The van der Waals surface area contributed by atoms with E-state index in [1.807, 2.05) is 6.07 Å². The van der Waals surface area contributed by atoms with E-state index in [1.165, 1.54) is 41.5 Å². The summed E-state index contributed by atoms with van der Waals surface area (Å²) in [5.74, 6) is 2.50. The summed E-state index contributed by atoms with van der Waals surface area (Å²) >= 11 is 0. The number of rotatable bonds is 3. The molecule has 2 heterocycles. The fourth-order valence-corrected chi connectivity index (χ4v) is 5.31. The minimum atomic E-state index is 0.253. The maximum absolute atomic E-state index is 10.4. The summed E-state index contributed by atoms with van der Waals surface area (Å²) in [5, 5.41) is 10.4. The number of phenolic OH excluding ortho intramolecular Hbond substituents is 1. The molecule has 0 saturated heterocycles. The van der Waals surface area contributed by atoms with Crippen molar-refractivity contribution >= 4 is 0 Å². The zero-order valence-corrected chi connectivity index (χ0v) is 16.1. The van der Waals surface area contributed by atoms with Gasteiger partial charge in [-0.2, -0.15) is 0 Å². The molecule has 4 heteroatoms. The molecule has 0 unspecified atom stereocenters. The molecule has 1 fully saturated rings. The van der Waals surface area contributed by atoms with Gasteiger partial charge in [0.25, 0.3) is 0 Å². The highest BCUT2D eigenvalue weighted by molar-refractivity contribution is 5.51. The van der Waals surface area contributed by atoms with Crippen LogP contribution in [-0.4, -0.2) is 30.8 Å². The van der Waals surface area contributed by atoms with Gasteiger partial charge in [-0.1, -0.05) is 12.5 Å². The maximum atomic E-state index is 10.4. The van der Waals surface area contributed by atoms with Crippen molar-refractivity contribution in [2.24, 2.45) is 5.92 Å². The fraction of sp³-hybridized carbons (Fsp3) is 0.478. The van der Waals surface area contributed by atoms with E-state index >= 15 is 0 Å². The molecule has 0 amide bonds. The predicted molar refractivity (Wildman–Crippen MR) is 105 cm³/mol. The van der Waals surface area contributed by atoms with Crippen LogP contribution in [-0.2, 0) is 12.8 Å². The van der Waals surface area contributed by atoms with Crippen LogP contribution in [0.4, 0.5) is 0 Å². The Balaban J connectivity index is 1.61. The third-order valence-corrected chi connectivity index (χ3v) is 6.88. The normalized spacial score (nSPS) is 24.4. The number of ether oxygens (including phenoxy) is 2. The van der Waals surface area contributed by atoms with E-state index in [0.29, 0.717) is 23.8 Å². The monoisotopic (exact) mass is 365 g/mol. The highest BCUT2D eigenvalue weighted by Gasteiger charge is 2.43. The first-order valence-corrected chi connectivity index (χ1v) is 10.0. The first-order chi connectivity index (χ1) is 13.2. The Hall–Kier alpha value is -2.20. The molecule has 1 N–H and O–H groups in total. The van der Waals surface area contributed by atoms with Gasteiger partial charge in [-0.15, -0.1) is 0 Å². The van der Waals surface area contributed by atoms with Crippen LogP contribution in [0.3, 0.4) is 0 Å². The molecular weight excluding hydrogens is 338 g/mol. The molecule has 1 saturated carbocycles. The van der Waals surface area contributed by atoms with Crippen molar-refractivity contribution < 1.29 is 14.6 Å². The van der Waals surface area contributed by atoms with Gasteiger partial charge in [-0.3, -0.25) is 4.90 Å². The molecule has 0 spiro atoms. The van der Waals surface area contributed by atoms with E-state index in [0.717, 1.165) is 25.1 Å². The fourth-order valence-electron chi connectivity index (χ4n) is 5.31. The van der Waals surface area contributed by atoms with Crippen molar-refractivity contribution in [2.45, 2.75) is 44.2 Å². The van der Waals surface area contributed by atoms with Crippen LogP contribution in [0.1, 0.15) is 53.6 Å². The van der Waals surface area contributed by atoms with Crippen molar-refractivity contribution in [3.05, 3.63) is 52.6 Å². The molecule has 2 aliphatic heterocycles. The van der Waals surface area contributed by atoms with Crippen LogP contribution in [0, 0.1) is 5.92 Å². The Morgan fingerprint density at radius 1 is 1.00 bits per heavy atom. The van der Waals surface area contributed by atoms with Crippen molar-refractivity contribution in [3.63, 3.8) is 0 Å². The SMILES string of the molecule is COc1ccc2c(c1)CCN1[C@H]2Cc2cc(O)c(OC)cc2[C@H]1C1CCC1. The van der Waals surface area contributed by atoms with Crippen LogP contribution in [0.15, 0.2) is 30.3 Å². The average molecular weight is 365 g/mol. The van der Waals surface area contributed by atoms with E-state index in [1.54, 1.807) is 14.2 Å². The molecule has 3 aliphatic rings. The lowest BCUT2D eigenvalue weighted by molar-refractivity contribution is 0.0379. The van der Waals surface area contributed by atoms with Crippen molar-refractivity contribution in [1.29, 1.82) is 0 Å².